The van der Waals surface area contributed by atoms with Gasteiger partial charge >= 0.3 is 6.18 Å². The van der Waals surface area contributed by atoms with Crippen LogP contribution in [0.1, 0.15) is 18.3 Å². The lowest BCUT2D eigenvalue weighted by Gasteiger charge is -2.13. The highest BCUT2D eigenvalue weighted by molar-refractivity contribution is 7.99. The molecule has 1 aromatic rings. The van der Waals surface area contributed by atoms with Crippen molar-refractivity contribution in [3.63, 3.8) is 0 Å². The zero-order chi connectivity index (χ0) is 13.6. The molecule has 0 amide bonds. The van der Waals surface area contributed by atoms with Crippen LogP contribution in [0.4, 0.5) is 13.2 Å². The summed E-state index contributed by atoms with van der Waals surface area (Å²) >= 11 is 1.18. The van der Waals surface area contributed by atoms with Crippen LogP contribution >= 0.6 is 11.8 Å². The number of ether oxygens (including phenoxy) is 2. The maximum absolute atomic E-state index is 12.0. The molecule has 102 valence electrons. The Morgan fingerprint density at radius 2 is 1.67 bits per heavy atom. The largest absolute Gasteiger partial charge is 0.389 e. The van der Waals surface area contributed by atoms with Gasteiger partial charge < -0.3 is 9.47 Å². The molecule has 0 fully saturated rings. The molecule has 0 atom stereocenters. The van der Waals surface area contributed by atoms with Gasteiger partial charge in [0.05, 0.1) is 6.42 Å². The molecule has 1 rings (SSSR count). The highest BCUT2D eigenvalue weighted by atomic mass is 32.2. The van der Waals surface area contributed by atoms with E-state index in [1.165, 1.54) is 26.0 Å². The molecule has 0 heterocycles. The fourth-order valence-corrected chi connectivity index (χ4v) is 2.27. The van der Waals surface area contributed by atoms with Crippen molar-refractivity contribution < 1.29 is 22.6 Å². The third-order valence-electron chi connectivity index (χ3n) is 2.23. The summed E-state index contributed by atoms with van der Waals surface area (Å²) in [7, 11) is 3.06. The van der Waals surface area contributed by atoms with Gasteiger partial charge in [-0.2, -0.15) is 13.2 Å². The predicted molar refractivity (Wildman–Crippen MR) is 64.6 cm³/mol. The van der Waals surface area contributed by atoms with Crippen molar-refractivity contribution in [1.29, 1.82) is 0 Å². The molecule has 0 aliphatic rings. The molecule has 6 heteroatoms. The summed E-state index contributed by atoms with van der Waals surface area (Å²) in [6.45, 7) is 0. The molecule has 0 unspecified atom stereocenters. The Morgan fingerprint density at radius 3 is 2.11 bits per heavy atom. The van der Waals surface area contributed by atoms with Crippen LogP contribution in [0.5, 0.6) is 0 Å². The summed E-state index contributed by atoms with van der Waals surface area (Å²) in [5.41, 5.74) is 0.833. The number of alkyl halides is 3. The highest BCUT2D eigenvalue weighted by Crippen LogP contribution is 2.27. The van der Waals surface area contributed by atoms with Crippen LogP contribution in [-0.4, -0.2) is 26.1 Å². The maximum Gasteiger partial charge on any atom is 0.389 e. The fraction of sp³-hybridized carbons (Fsp3) is 0.500. The van der Waals surface area contributed by atoms with Gasteiger partial charge in [-0.15, -0.1) is 11.8 Å². The molecule has 0 radical (unpaired) electrons. The summed E-state index contributed by atoms with van der Waals surface area (Å²) in [6, 6.07) is 7.10. The highest BCUT2D eigenvalue weighted by Gasteiger charge is 2.26. The van der Waals surface area contributed by atoms with Gasteiger partial charge in [-0.25, -0.2) is 0 Å². The smallest absolute Gasteiger partial charge is 0.352 e. The van der Waals surface area contributed by atoms with Crippen molar-refractivity contribution in [2.24, 2.45) is 0 Å². The first-order valence-electron chi connectivity index (χ1n) is 5.31. The Hall–Kier alpha value is -0.720. The van der Waals surface area contributed by atoms with Crippen molar-refractivity contribution in [1.82, 2.24) is 0 Å². The van der Waals surface area contributed by atoms with E-state index < -0.39 is 18.9 Å². The van der Waals surface area contributed by atoms with Crippen LogP contribution in [-0.2, 0) is 9.47 Å². The Kier molecular flexibility index (Phi) is 5.98. The van der Waals surface area contributed by atoms with Crippen LogP contribution in [0, 0.1) is 0 Å². The fourth-order valence-electron chi connectivity index (χ4n) is 1.37. The molecule has 0 N–H and O–H groups in total. The van der Waals surface area contributed by atoms with Gasteiger partial charge in [0, 0.05) is 30.4 Å². The Balaban J connectivity index is 2.50. The molecule has 1 aromatic carbocycles. The number of halogens is 3. The van der Waals surface area contributed by atoms with E-state index in [-0.39, 0.29) is 5.75 Å². The number of hydrogen-bond donors (Lipinski definition) is 0. The van der Waals surface area contributed by atoms with Gasteiger partial charge in [0.2, 0.25) is 0 Å². The normalized spacial score (nSPS) is 12.1. The molecular weight excluding hydrogens is 265 g/mol. The second-order valence-corrected chi connectivity index (χ2v) is 4.75. The SMILES string of the molecule is COC(OC)c1ccc(SCCC(F)(F)F)cc1. The maximum atomic E-state index is 12.0. The molecule has 0 aliphatic carbocycles. The van der Waals surface area contributed by atoms with Gasteiger partial charge in [-0.3, -0.25) is 0 Å². The number of rotatable bonds is 6. The third-order valence-corrected chi connectivity index (χ3v) is 3.25. The lowest BCUT2D eigenvalue weighted by molar-refractivity contribution is -0.129. The molecule has 0 spiro atoms. The van der Waals surface area contributed by atoms with Gasteiger partial charge in [-0.05, 0) is 12.1 Å². The quantitative estimate of drug-likeness (QED) is 0.579. The molecule has 2 nitrogen and oxygen atoms in total. The van der Waals surface area contributed by atoms with Gasteiger partial charge in [0.15, 0.2) is 6.29 Å². The second-order valence-electron chi connectivity index (χ2n) is 3.59. The van der Waals surface area contributed by atoms with Crippen molar-refractivity contribution in [2.75, 3.05) is 20.0 Å². The lowest BCUT2D eigenvalue weighted by atomic mass is 10.2. The van der Waals surface area contributed by atoms with Crippen molar-refractivity contribution in [3.05, 3.63) is 29.8 Å². The van der Waals surface area contributed by atoms with Crippen molar-refractivity contribution in [2.45, 2.75) is 23.8 Å². The van der Waals surface area contributed by atoms with Gasteiger partial charge in [0.1, 0.15) is 0 Å². The Morgan fingerprint density at radius 1 is 1.11 bits per heavy atom. The van der Waals surface area contributed by atoms with Crippen LogP contribution in [0.25, 0.3) is 0 Å². The number of benzene rings is 1. The number of hydrogen-bond acceptors (Lipinski definition) is 3. The minimum atomic E-state index is -4.09. The van der Waals surface area contributed by atoms with E-state index in [0.717, 1.165) is 10.5 Å². The number of thioether (sulfide) groups is 1. The van der Waals surface area contributed by atoms with E-state index in [4.69, 9.17) is 9.47 Å². The van der Waals surface area contributed by atoms with E-state index >= 15 is 0 Å². The standard InChI is InChI=1S/C12H15F3O2S/c1-16-11(17-2)9-3-5-10(6-4-9)18-8-7-12(13,14)15/h3-6,11H,7-8H2,1-2H3. The minimum absolute atomic E-state index is 0.0286. The van der Waals surface area contributed by atoms with E-state index in [1.807, 2.05) is 0 Å². The van der Waals surface area contributed by atoms with E-state index in [2.05, 4.69) is 0 Å². The molecule has 0 aromatic heterocycles. The summed E-state index contributed by atoms with van der Waals surface area (Å²) in [5, 5.41) is 0. The summed E-state index contributed by atoms with van der Waals surface area (Å²) in [5.74, 6) is 0.0286. The summed E-state index contributed by atoms with van der Waals surface area (Å²) < 4.78 is 46.1. The molecule has 0 bridgehead atoms. The van der Waals surface area contributed by atoms with E-state index in [9.17, 15) is 13.2 Å². The van der Waals surface area contributed by atoms with Crippen molar-refractivity contribution in [3.8, 4) is 0 Å². The summed E-state index contributed by atoms with van der Waals surface area (Å²) in [4.78, 5) is 0.800. The first-order valence-corrected chi connectivity index (χ1v) is 6.30. The molecule has 0 saturated carbocycles. The van der Waals surface area contributed by atoms with Crippen LogP contribution in [0.3, 0.4) is 0 Å². The third kappa shape index (κ3) is 5.29. The van der Waals surface area contributed by atoms with E-state index in [1.54, 1.807) is 24.3 Å². The topological polar surface area (TPSA) is 18.5 Å². The minimum Gasteiger partial charge on any atom is -0.352 e. The van der Waals surface area contributed by atoms with Gasteiger partial charge in [0.25, 0.3) is 0 Å². The van der Waals surface area contributed by atoms with Crippen LogP contribution in [0.2, 0.25) is 0 Å². The lowest BCUT2D eigenvalue weighted by Crippen LogP contribution is -2.08. The number of methoxy groups -OCH3 is 2. The Bertz CT molecular complexity index is 347. The van der Waals surface area contributed by atoms with Gasteiger partial charge in [-0.1, -0.05) is 12.1 Å². The molecule has 0 saturated heterocycles. The van der Waals surface area contributed by atoms with Crippen molar-refractivity contribution >= 4 is 11.8 Å². The predicted octanol–water partition coefficient (Wildman–Crippen LogP) is 4.02. The summed E-state index contributed by atoms with van der Waals surface area (Å²) in [6.07, 6.45) is -5.32. The first kappa shape index (κ1) is 15.3. The van der Waals surface area contributed by atoms with Crippen LogP contribution < -0.4 is 0 Å². The average molecular weight is 280 g/mol. The molecular formula is C12H15F3O2S. The zero-order valence-electron chi connectivity index (χ0n) is 10.2. The Labute approximate surface area is 108 Å². The zero-order valence-corrected chi connectivity index (χ0v) is 11.0. The molecule has 18 heavy (non-hydrogen) atoms. The average Bonchev–Trinajstić information content (AvgIpc) is 2.31. The molecule has 0 aliphatic heterocycles. The first-order chi connectivity index (χ1) is 8.46. The monoisotopic (exact) mass is 280 g/mol. The van der Waals surface area contributed by atoms with Crippen LogP contribution in [0.15, 0.2) is 29.2 Å². The van der Waals surface area contributed by atoms with E-state index in [0.29, 0.717) is 0 Å². The second kappa shape index (κ2) is 7.01.